The Hall–Kier alpha value is -2.18. The van der Waals surface area contributed by atoms with E-state index in [1.54, 1.807) is 11.8 Å². The van der Waals surface area contributed by atoms with E-state index in [1.807, 2.05) is 26.8 Å². The third-order valence-corrected chi connectivity index (χ3v) is 3.23. The molecule has 1 heterocycles. The first kappa shape index (κ1) is 24.1. The Labute approximate surface area is 145 Å². The Bertz CT molecular complexity index is 443. The van der Waals surface area contributed by atoms with Gasteiger partial charge in [0.1, 0.15) is 0 Å². The number of carboxylic acid groups (broad SMARTS) is 1. The molecule has 0 unspecified atom stereocenters. The van der Waals surface area contributed by atoms with Gasteiger partial charge in [-0.05, 0) is 27.2 Å². The van der Waals surface area contributed by atoms with Gasteiger partial charge in [0.2, 0.25) is 0 Å². The number of carbonyl (C=O) groups excluding carboxylic acids is 1. The van der Waals surface area contributed by atoms with Gasteiger partial charge in [0, 0.05) is 31.9 Å². The molecule has 1 saturated heterocycles. The lowest BCUT2D eigenvalue weighted by Crippen LogP contribution is -2.50. The number of rotatable bonds is 2. The number of hydrogen-bond donors (Lipinski definition) is 3. The molecule has 0 atom stereocenters. The molecule has 1 fully saturated rings. The number of piperazine rings is 1. The van der Waals surface area contributed by atoms with Gasteiger partial charge in [0.15, 0.2) is 0 Å². The van der Waals surface area contributed by atoms with Crippen LogP contribution in [-0.2, 0) is 4.79 Å². The van der Waals surface area contributed by atoms with E-state index in [0.29, 0.717) is 31.8 Å². The van der Waals surface area contributed by atoms with Crippen LogP contribution in [0.25, 0.3) is 0 Å². The van der Waals surface area contributed by atoms with Crippen molar-refractivity contribution in [3.63, 3.8) is 0 Å². The molecule has 4 N–H and O–H groups in total. The number of hydrogen-bond acceptors (Lipinski definition) is 4. The van der Waals surface area contributed by atoms with Gasteiger partial charge in [-0.25, -0.2) is 4.79 Å². The summed E-state index contributed by atoms with van der Waals surface area (Å²) in [6.07, 6.45) is 2.07. The minimum atomic E-state index is -0.960. The molecule has 0 saturated carbocycles. The largest absolute Gasteiger partial charge is 0.512 e. The quantitative estimate of drug-likeness (QED) is 0.528. The van der Waals surface area contributed by atoms with Crippen molar-refractivity contribution in [1.82, 2.24) is 9.80 Å². The van der Waals surface area contributed by atoms with Crippen molar-refractivity contribution >= 4 is 12.0 Å². The van der Waals surface area contributed by atoms with E-state index in [9.17, 15) is 14.7 Å². The molecule has 0 aliphatic carbocycles. The van der Waals surface area contributed by atoms with Gasteiger partial charge in [-0.3, -0.25) is 4.79 Å². The monoisotopic (exact) mass is 343 g/mol. The molecule has 1 aliphatic heterocycles. The average molecular weight is 343 g/mol. The first-order valence-electron chi connectivity index (χ1n) is 8.26. The summed E-state index contributed by atoms with van der Waals surface area (Å²) in [5, 5.41) is 17.9. The highest BCUT2D eigenvalue weighted by atomic mass is 16.4. The second kappa shape index (κ2) is 13.3. The molecule has 24 heavy (non-hydrogen) atoms. The fraction of sp³-hybridized carbons (Fsp3) is 0.647. The first-order chi connectivity index (χ1) is 11.2. The van der Waals surface area contributed by atoms with E-state index in [2.05, 4.69) is 6.92 Å². The maximum Gasteiger partial charge on any atom is 0.407 e. The van der Waals surface area contributed by atoms with Gasteiger partial charge >= 0.3 is 6.09 Å². The fourth-order valence-corrected chi connectivity index (χ4v) is 1.81. The van der Waals surface area contributed by atoms with E-state index in [-0.39, 0.29) is 11.7 Å². The zero-order valence-corrected chi connectivity index (χ0v) is 15.8. The SMILES string of the molecule is C/C(O)=C(\C)C(=O)N1CCN(C(=O)O)CC1.CC.CC/C=C(\C)N. The van der Waals surface area contributed by atoms with Crippen molar-refractivity contribution in [1.29, 1.82) is 0 Å². The minimum Gasteiger partial charge on any atom is -0.512 e. The van der Waals surface area contributed by atoms with Crippen LogP contribution in [0.1, 0.15) is 48.0 Å². The maximum atomic E-state index is 11.8. The maximum absolute atomic E-state index is 11.8. The van der Waals surface area contributed by atoms with Crippen molar-refractivity contribution < 1.29 is 19.8 Å². The number of aliphatic hydroxyl groups is 1. The second-order valence-electron chi connectivity index (χ2n) is 5.13. The molecule has 0 bridgehead atoms. The summed E-state index contributed by atoms with van der Waals surface area (Å²) < 4.78 is 0. The van der Waals surface area contributed by atoms with E-state index >= 15 is 0 Å². The predicted octanol–water partition coefficient (Wildman–Crippen LogP) is 2.95. The Balaban J connectivity index is 0. The van der Waals surface area contributed by atoms with Crippen molar-refractivity contribution in [2.24, 2.45) is 5.73 Å². The summed E-state index contributed by atoms with van der Waals surface area (Å²) in [5.41, 5.74) is 6.49. The molecule has 2 amide bonds. The normalized spacial score (nSPS) is 15.3. The fourth-order valence-electron chi connectivity index (χ4n) is 1.81. The van der Waals surface area contributed by atoms with Gasteiger partial charge in [-0.15, -0.1) is 0 Å². The van der Waals surface area contributed by atoms with Gasteiger partial charge in [0.25, 0.3) is 5.91 Å². The molecule has 1 rings (SSSR count). The topological polar surface area (TPSA) is 107 Å². The summed E-state index contributed by atoms with van der Waals surface area (Å²) in [6.45, 7) is 12.4. The predicted molar refractivity (Wildman–Crippen MR) is 96.8 cm³/mol. The van der Waals surface area contributed by atoms with Gasteiger partial charge in [0.05, 0.1) is 11.3 Å². The molecule has 140 valence electrons. The smallest absolute Gasteiger partial charge is 0.407 e. The number of aliphatic hydroxyl groups excluding tert-OH is 1. The molecule has 0 spiro atoms. The number of nitrogens with two attached hydrogens (primary N) is 1. The molecule has 0 aromatic rings. The van der Waals surface area contributed by atoms with Crippen LogP contribution in [0, 0.1) is 0 Å². The highest BCUT2D eigenvalue weighted by Gasteiger charge is 2.24. The van der Waals surface area contributed by atoms with E-state index in [0.717, 1.165) is 12.1 Å². The number of allylic oxidation sites excluding steroid dienone is 3. The lowest BCUT2D eigenvalue weighted by atomic mass is 10.2. The third-order valence-electron chi connectivity index (χ3n) is 3.23. The van der Waals surface area contributed by atoms with Gasteiger partial charge in [-0.2, -0.15) is 0 Å². The molecule has 1 aliphatic rings. The molecule has 7 nitrogen and oxygen atoms in total. The first-order valence-corrected chi connectivity index (χ1v) is 8.26. The van der Waals surface area contributed by atoms with Crippen LogP contribution in [0.15, 0.2) is 23.1 Å². The molecule has 0 aromatic carbocycles. The van der Waals surface area contributed by atoms with Crippen LogP contribution in [0.2, 0.25) is 0 Å². The highest BCUT2D eigenvalue weighted by Crippen LogP contribution is 2.09. The molecular weight excluding hydrogens is 310 g/mol. The number of carbonyl (C=O) groups is 2. The summed E-state index contributed by atoms with van der Waals surface area (Å²) in [6, 6.07) is 0. The lowest BCUT2D eigenvalue weighted by Gasteiger charge is -2.33. The summed E-state index contributed by atoms with van der Waals surface area (Å²) in [5.74, 6) is -0.226. The van der Waals surface area contributed by atoms with Crippen LogP contribution >= 0.6 is 0 Å². The summed E-state index contributed by atoms with van der Waals surface area (Å²) in [4.78, 5) is 25.2. The lowest BCUT2D eigenvalue weighted by molar-refractivity contribution is -0.128. The Morgan fingerprint density at radius 2 is 1.42 bits per heavy atom. The summed E-state index contributed by atoms with van der Waals surface area (Å²) >= 11 is 0. The van der Waals surface area contributed by atoms with Crippen LogP contribution in [0.3, 0.4) is 0 Å². The standard InChI is InChI=1S/C10H16N2O4.C5H11N.C2H6/c1-7(8(2)13)9(14)11-3-5-12(6-4-11)10(15)16;1-3-4-5(2)6;1-2/h13H,3-6H2,1-2H3,(H,15,16);4H,3,6H2,1-2H3;1-2H3/b8-7-;5-4+;. The Kier molecular flexibility index (Phi) is 13.3. The average Bonchev–Trinajstić information content (AvgIpc) is 2.55. The Morgan fingerprint density at radius 1 is 1.00 bits per heavy atom. The second-order valence-corrected chi connectivity index (χ2v) is 5.13. The van der Waals surface area contributed by atoms with E-state index < -0.39 is 6.09 Å². The minimum absolute atomic E-state index is 0.00524. The van der Waals surface area contributed by atoms with Gasteiger partial charge in [-0.1, -0.05) is 26.8 Å². The van der Waals surface area contributed by atoms with Crippen LogP contribution in [0.5, 0.6) is 0 Å². The van der Waals surface area contributed by atoms with Crippen molar-refractivity contribution in [3.8, 4) is 0 Å². The number of nitrogens with zero attached hydrogens (tertiary/aromatic N) is 2. The van der Waals surface area contributed by atoms with E-state index in [1.165, 1.54) is 11.8 Å². The van der Waals surface area contributed by atoms with Crippen molar-refractivity contribution in [2.75, 3.05) is 26.2 Å². The molecule has 0 radical (unpaired) electrons. The van der Waals surface area contributed by atoms with Crippen LogP contribution in [-0.4, -0.2) is 58.2 Å². The number of amides is 2. The van der Waals surface area contributed by atoms with Crippen LogP contribution < -0.4 is 5.73 Å². The van der Waals surface area contributed by atoms with E-state index in [4.69, 9.17) is 10.8 Å². The zero-order valence-electron chi connectivity index (χ0n) is 15.8. The highest BCUT2D eigenvalue weighted by molar-refractivity contribution is 5.93. The summed E-state index contributed by atoms with van der Waals surface area (Å²) in [7, 11) is 0. The molecule has 7 heteroatoms. The van der Waals surface area contributed by atoms with Crippen LogP contribution in [0.4, 0.5) is 4.79 Å². The van der Waals surface area contributed by atoms with Crippen molar-refractivity contribution in [3.05, 3.63) is 23.1 Å². The zero-order chi connectivity index (χ0) is 19.3. The van der Waals surface area contributed by atoms with Gasteiger partial charge < -0.3 is 25.7 Å². The Morgan fingerprint density at radius 3 is 1.67 bits per heavy atom. The molecule has 0 aromatic heterocycles. The van der Waals surface area contributed by atoms with Crippen molar-refractivity contribution in [2.45, 2.75) is 48.0 Å². The third kappa shape index (κ3) is 9.76. The molecular formula is C17H33N3O4.